The van der Waals surface area contributed by atoms with Gasteiger partial charge in [0.05, 0.1) is 0 Å². The standard InChI is InChI=1S/C14H19N3O5/c1-3-10(15)13(19)21-7-9-4-5-11(22-9)17-6-8(2)12(18)16-14(17)20/h4-6,9-11H,3,7,15H2,1-2H3,(H,16,18,20). The number of hydrogen-bond donors (Lipinski definition) is 2. The molecule has 0 saturated carbocycles. The average Bonchev–Trinajstić information content (AvgIpc) is 2.96. The van der Waals surface area contributed by atoms with Crippen molar-refractivity contribution in [2.75, 3.05) is 6.61 Å². The summed E-state index contributed by atoms with van der Waals surface area (Å²) in [4.78, 5) is 36.8. The third kappa shape index (κ3) is 3.52. The topological polar surface area (TPSA) is 116 Å². The Morgan fingerprint density at radius 2 is 2.23 bits per heavy atom. The molecule has 2 heterocycles. The molecule has 3 N–H and O–H groups in total. The number of ether oxygens (including phenoxy) is 2. The van der Waals surface area contributed by atoms with E-state index in [1.807, 2.05) is 0 Å². The molecule has 0 aromatic carbocycles. The zero-order chi connectivity index (χ0) is 16.3. The average molecular weight is 309 g/mol. The summed E-state index contributed by atoms with van der Waals surface area (Å²) in [6.07, 6.45) is 4.18. The Labute approximate surface area is 126 Å². The summed E-state index contributed by atoms with van der Waals surface area (Å²) in [6, 6.07) is -0.648. The van der Waals surface area contributed by atoms with Gasteiger partial charge in [-0.25, -0.2) is 4.79 Å². The van der Waals surface area contributed by atoms with Crippen LogP contribution in [-0.4, -0.2) is 34.3 Å². The summed E-state index contributed by atoms with van der Waals surface area (Å²) in [5.41, 5.74) is 4.97. The first-order valence-electron chi connectivity index (χ1n) is 7.00. The van der Waals surface area contributed by atoms with E-state index in [2.05, 4.69) is 4.98 Å². The largest absolute Gasteiger partial charge is 0.461 e. The number of H-pyrrole nitrogens is 1. The number of aromatic nitrogens is 2. The number of nitrogens with one attached hydrogen (secondary N) is 1. The number of hydrogen-bond acceptors (Lipinski definition) is 6. The molecule has 0 bridgehead atoms. The van der Waals surface area contributed by atoms with Gasteiger partial charge in [0.15, 0.2) is 6.23 Å². The van der Waals surface area contributed by atoms with Gasteiger partial charge in [0.2, 0.25) is 0 Å². The monoisotopic (exact) mass is 309 g/mol. The highest BCUT2D eigenvalue weighted by atomic mass is 16.6. The van der Waals surface area contributed by atoms with Crippen molar-refractivity contribution < 1.29 is 14.3 Å². The van der Waals surface area contributed by atoms with Crippen LogP contribution in [-0.2, 0) is 14.3 Å². The third-order valence-electron chi connectivity index (χ3n) is 3.36. The van der Waals surface area contributed by atoms with E-state index in [1.54, 1.807) is 26.0 Å². The first-order chi connectivity index (χ1) is 10.4. The molecule has 8 nitrogen and oxygen atoms in total. The predicted octanol–water partition coefficient (Wildman–Crippen LogP) is -0.421. The molecular weight excluding hydrogens is 290 g/mol. The van der Waals surface area contributed by atoms with Crippen LogP contribution in [0.15, 0.2) is 27.9 Å². The van der Waals surface area contributed by atoms with Crippen molar-refractivity contribution in [1.82, 2.24) is 9.55 Å². The van der Waals surface area contributed by atoms with E-state index < -0.39 is 35.6 Å². The molecule has 1 aliphatic heterocycles. The van der Waals surface area contributed by atoms with Gasteiger partial charge >= 0.3 is 11.7 Å². The minimum absolute atomic E-state index is 0.0244. The van der Waals surface area contributed by atoms with Crippen molar-refractivity contribution in [3.05, 3.63) is 44.8 Å². The van der Waals surface area contributed by atoms with E-state index in [0.717, 1.165) is 0 Å². The van der Waals surface area contributed by atoms with Gasteiger partial charge in [0, 0.05) is 11.8 Å². The molecule has 1 aliphatic rings. The van der Waals surface area contributed by atoms with Crippen LogP contribution in [0.25, 0.3) is 0 Å². The van der Waals surface area contributed by atoms with Crippen molar-refractivity contribution >= 4 is 5.97 Å². The maximum absolute atomic E-state index is 11.8. The summed E-state index contributed by atoms with van der Waals surface area (Å²) < 4.78 is 11.9. The van der Waals surface area contributed by atoms with Crippen LogP contribution in [0.3, 0.4) is 0 Å². The zero-order valence-electron chi connectivity index (χ0n) is 12.4. The molecule has 22 heavy (non-hydrogen) atoms. The Morgan fingerprint density at radius 3 is 2.91 bits per heavy atom. The lowest BCUT2D eigenvalue weighted by atomic mass is 10.2. The van der Waals surface area contributed by atoms with Crippen LogP contribution in [0.5, 0.6) is 0 Å². The highest BCUT2D eigenvalue weighted by molar-refractivity contribution is 5.75. The Bertz CT molecular complexity index is 690. The Kier molecular flexibility index (Phi) is 4.94. The summed E-state index contributed by atoms with van der Waals surface area (Å²) in [5.74, 6) is -0.486. The fraction of sp³-hybridized carbons (Fsp3) is 0.500. The number of rotatable bonds is 5. The molecule has 0 spiro atoms. The van der Waals surface area contributed by atoms with E-state index in [0.29, 0.717) is 12.0 Å². The normalized spacial score (nSPS) is 21.8. The summed E-state index contributed by atoms with van der Waals surface area (Å²) in [5, 5.41) is 0. The molecule has 1 aromatic heterocycles. The summed E-state index contributed by atoms with van der Waals surface area (Å²) in [6.45, 7) is 3.41. The van der Waals surface area contributed by atoms with Gasteiger partial charge in [0.1, 0.15) is 18.8 Å². The number of carbonyl (C=O) groups excluding carboxylic acids is 1. The molecule has 3 atom stereocenters. The summed E-state index contributed by atoms with van der Waals surface area (Å²) in [7, 11) is 0. The number of carbonyl (C=O) groups is 1. The van der Waals surface area contributed by atoms with Gasteiger partial charge in [0.25, 0.3) is 5.56 Å². The Hall–Kier alpha value is -2.19. The molecular formula is C14H19N3O5. The second kappa shape index (κ2) is 6.71. The Balaban J connectivity index is 1.98. The van der Waals surface area contributed by atoms with Crippen molar-refractivity contribution in [3.8, 4) is 0 Å². The first-order valence-corrected chi connectivity index (χ1v) is 7.00. The van der Waals surface area contributed by atoms with Crippen molar-refractivity contribution in [3.63, 3.8) is 0 Å². The summed E-state index contributed by atoms with van der Waals surface area (Å²) >= 11 is 0. The number of aromatic amines is 1. The lowest BCUT2D eigenvalue weighted by molar-refractivity contribution is -0.149. The molecule has 120 valence electrons. The lowest BCUT2D eigenvalue weighted by Crippen LogP contribution is -2.35. The third-order valence-corrected chi connectivity index (χ3v) is 3.36. The Morgan fingerprint density at radius 1 is 1.50 bits per heavy atom. The van der Waals surface area contributed by atoms with E-state index in [-0.39, 0.29) is 6.61 Å². The fourth-order valence-electron chi connectivity index (χ4n) is 1.96. The molecule has 2 rings (SSSR count). The quantitative estimate of drug-likeness (QED) is 0.563. The van der Waals surface area contributed by atoms with Crippen LogP contribution in [0, 0.1) is 6.92 Å². The van der Waals surface area contributed by atoms with Crippen molar-refractivity contribution in [2.24, 2.45) is 5.73 Å². The molecule has 8 heteroatoms. The van der Waals surface area contributed by atoms with E-state index in [4.69, 9.17) is 15.2 Å². The number of esters is 1. The van der Waals surface area contributed by atoms with Gasteiger partial charge < -0.3 is 15.2 Å². The maximum atomic E-state index is 11.8. The van der Waals surface area contributed by atoms with Crippen LogP contribution in [0.4, 0.5) is 0 Å². The van der Waals surface area contributed by atoms with Crippen LogP contribution in [0.1, 0.15) is 25.1 Å². The molecule has 0 aliphatic carbocycles. The highest BCUT2D eigenvalue weighted by Gasteiger charge is 2.24. The highest BCUT2D eigenvalue weighted by Crippen LogP contribution is 2.19. The second-order valence-electron chi connectivity index (χ2n) is 5.07. The number of nitrogens with two attached hydrogens (primary N) is 1. The SMILES string of the molecule is CCC(N)C(=O)OCC1C=CC(n2cc(C)c(=O)[nH]c2=O)O1. The van der Waals surface area contributed by atoms with Crippen molar-refractivity contribution in [1.29, 1.82) is 0 Å². The molecule has 0 fully saturated rings. The van der Waals surface area contributed by atoms with E-state index in [1.165, 1.54) is 10.8 Å². The van der Waals surface area contributed by atoms with Crippen LogP contribution < -0.4 is 17.0 Å². The molecule has 3 unspecified atom stereocenters. The zero-order valence-corrected chi connectivity index (χ0v) is 12.4. The van der Waals surface area contributed by atoms with Gasteiger partial charge in [-0.2, -0.15) is 0 Å². The van der Waals surface area contributed by atoms with Crippen LogP contribution >= 0.6 is 0 Å². The molecule has 0 radical (unpaired) electrons. The van der Waals surface area contributed by atoms with Gasteiger partial charge in [-0.3, -0.25) is 19.1 Å². The number of nitrogens with zero attached hydrogens (tertiary/aromatic N) is 1. The van der Waals surface area contributed by atoms with Crippen molar-refractivity contribution in [2.45, 2.75) is 38.6 Å². The molecule has 0 amide bonds. The minimum atomic E-state index is -0.648. The molecule has 1 aromatic rings. The van der Waals surface area contributed by atoms with Gasteiger partial charge in [-0.05, 0) is 19.4 Å². The van der Waals surface area contributed by atoms with Gasteiger partial charge in [-0.15, -0.1) is 0 Å². The first kappa shape index (κ1) is 16.2. The van der Waals surface area contributed by atoms with E-state index in [9.17, 15) is 14.4 Å². The van der Waals surface area contributed by atoms with Gasteiger partial charge in [-0.1, -0.05) is 13.0 Å². The fourth-order valence-corrected chi connectivity index (χ4v) is 1.96. The smallest absolute Gasteiger partial charge is 0.330 e. The molecule has 0 saturated heterocycles. The van der Waals surface area contributed by atoms with E-state index >= 15 is 0 Å². The minimum Gasteiger partial charge on any atom is -0.461 e. The second-order valence-corrected chi connectivity index (χ2v) is 5.07. The van der Waals surface area contributed by atoms with Crippen LogP contribution in [0.2, 0.25) is 0 Å². The number of aryl methyl sites for hydroxylation is 1. The maximum Gasteiger partial charge on any atom is 0.330 e. The predicted molar refractivity (Wildman–Crippen MR) is 78.3 cm³/mol. The lowest BCUT2D eigenvalue weighted by Gasteiger charge is -2.17.